The maximum Gasteiger partial charge on any atom is 0.288 e. The monoisotopic (exact) mass is 227 g/mol. The van der Waals surface area contributed by atoms with Gasteiger partial charge >= 0.3 is 0 Å². The summed E-state index contributed by atoms with van der Waals surface area (Å²) in [6.07, 6.45) is 5.10. The van der Waals surface area contributed by atoms with Crippen LogP contribution in [0.5, 0.6) is 0 Å². The van der Waals surface area contributed by atoms with Gasteiger partial charge in [-0.05, 0) is 19.4 Å². The molecule has 1 aromatic carbocycles. The minimum Gasteiger partial charge on any atom is -0.450 e. The van der Waals surface area contributed by atoms with Gasteiger partial charge in [-0.25, -0.2) is 0 Å². The summed E-state index contributed by atoms with van der Waals surface area (Å²) in [5.74, 6) is 2.43. The Morgan fingerprint density at radius 3 is 2.88 bits per heavy atom. The van der Waals surface area contributed by atoms with Crippen LogP contribution in [0, 0.1) is 26.2 Å². The average molecular weight is 227 g/mol. The molecule has 0 atom stereocenters. The van der Waals surface area contributed by atoms with Crippen LogP contribution in [0.15, 0.2) is 22.6 Å². The first-order valence-corrected chi connectivity index (χ1v) is 5.35. The predicted octanol–water partition coefficient (Wildman–Crippen LogP) is 2.41. The number of benzene rings is 1. The summed E-state index contributed by atoms with van der Waals surface area (Å²) in [5.41, 5.74) is 2.62. The van der Waals surface area contributed by atoms with E-state index in [1.54, 1.807) is 0 Å². The van der Waals surface area contributed by atoms with Crippen molar-refractivity contribution in [3.05, 3.63) is 35.1 Å². The molecule has 0 unspecified atom stereocenters. The molecule has 1 heterocycles. The molecule has 86 valence electrons. The standard InChI is InChI=1S/C14H13NO2/c1-4-8-15-14(16)13-10(3)11-7-5-6-9(2)12(11)17-13/h1,5-7H,8H2,2-3H3,(H,15,16). The van der Waals surface area contributed by atoms with Crippen molar-refractivity contribution in [1.82, 2.24) is 5.32 Å². The fourth-order valence-electron chi connectivity index (χ4n) is 1.81. The molecular weight excluding hydrogens is 214 g/mol. The van der Waals surface area contributed by atoms with E-state index in [2.05, 4.69) is 11.2 Å². The maximum absolute atomic E-state index is 11.8. The highest BCUT2D eigenvalue weighted by molar-refractivity contribution is 5.99. The molecule has 2 aromatic rings. The predicted molar refractivity (Wildman–Crippen MR) is 66.9 cm³/mol. The quantitative estimate of drug-likeness (QED) is 0.800. The molecule has 3 nitrogen and oxygen atoms in total. The lowest BCUT2D eigenvalue weighted by Crippen LogP contribution is -2.23. The zero-order valence-electron chi connectivity index (χ0n) is 9.83. The number of hydrogen-bond donors (Lipinski definition) is 1. The maximum atomic E-state index is 11.8. The minimum atomic E-state index is -0.268. The summed E-state index contributed by atoms with van der Waals surface area (Å²) in [4.78, 5) is 11.8. The number of fused-ring (bicyclic) bond motifs is 1. The third-order valence-corrected chi connectivity index (χ3v) is 2.72. The van der Waals surface area contributed by atoms with Crippen LogP contribution >= 0.6 is 0 Å². The second kappa shape index (κ2) is 4.34. The van der Waals surface area contributed by atoms with Crippen molar-refractivity contribution >= 4 is 16.9 Å². The van der Waals surface area contributed by atoms with E-state index >= 15 is 0 Å². The largest absolute Gasteiger partial charge is 0.450 e. The Bertz CT molecular complexity index is 617. The van der Waals surface area contributed by atoms with E-state index in [4.69, 9.17) is 10.8 Å². The zero-order valence-corrected chi connectivity index (χ0v) is 9.83. The van der Waals surface area contributed by atoms with Gasteiger partial charge in [0.15, 0.2) is 5.76 Å². The van der Waals surface area contributed by atoms with Crippen LogP contribution in [-0.4, -0.2) is 12.5 Å². The summed E-state index contributed by atoms with van der Waals surface area (Å²) in [6.45, 7) is 4.03. The van der Waals surface area contributed by atoms with Gasteiger partial charge in [0.25, 0.3) is 5.91 Å². The molecule has 0 aliphatic rings. The molecule has 1 amide bonds. The molecule has 1 aromatic heterocycles. The third kappa shape index (κ3) is 1.90. The number of amides is 1. The Morgan fingerprint density at radius 1 is 1.47 bits per heavy atom. The number of para-hydroxylation sites is 1. The molecule has 0 spiro atoms. The SMILES string of the molecule is C#CCNC(=O)c1oc2c(C)cccc2c1C. The Labute approximate surface area is 99.8 Å². The van der Waals surface area contributed by atoms with E-state index in [-0.39, 0.29) is 12.5 Å². The molecule has 17 heavy (non-hydrogen) atoms. The Balaban J connectivity index is 2.50. The van der Waals surface area contributed by atoms with Gasteiger partial charge in [-0.1, -0.05) is 24.1 Å². The van der Waals surface area contributed by atoms with Crippen LogP contribution in [-0.2, 0) is 0 Å². The van der Waals surface area contributed by atoms with Gasteiger partial charge in [0, 0.05) is 10.9 Å². The molecule has 0 bridgehead atoms. The van der Waals surface area contributed by atoms with Gasteiger partial charge in [-0.3, -0.25) is 4.79 Å². The molecule has 0 saturated carbocycles. The summed E-state index contributed by atoms with van der Waals surface area (Å²) in [7, 11) is 0. The van der Waals surface area contributed by atoms with Crippen molar-refractivity contribution in [2.75, 3.05) is 6.54 Å². The van der Waals surface area contributed by atoms with Crippen LogP contribution in [0.4, 0.5) is 0 Å². The van der Waals surface area contributed by atoms with Crippen LogP contribution in [0.3, 0.4) is 0 Å². The van der Waals surface area contributed by atoms with E-state index < -0.39 is 0 Å². The van der Waals surface area contributed by atoms with Crippen molar-refractivity contribution < 1.29 is 9.21 Å². The van der Waals surface area contributed by atoms with E-state index in [0.717, 1.165) is 22.1 Å². The van der Waals surface area contributed by atoms with Gasteiger partial charge in [0.1, 0.15) is 5.58 Å². The second-order valence-electron chi connectivity index (χ2n) is 3.89. The van der Waals surface area contributed by atoms with Crippen LogP contribution in [0.1, 0.15) is 21.7 Å². The van der Waals surface area contributed by atoms with Crippen molar-refractivity contribution in [3.63, 3.8) is 0 Å². The minimum absolute atomic E-state index is 0.203. The lowest BCUT2D eigenvalue weighted by atomic mass is 10.1. The van der Waals surface area contributed by atoms with Gasteiger partial charge in [0.05, 0.1) is 6.54 Å². The molecule has 0 fully saturated rings. The van der Waals surface area contributed by atoms with Crippen molar-refractivity contribution in [2.24, 2.45) is 0 Å². The Kier molecular flexibility index (Phi) is 2.88. The highest BCUT2D eigenvalue weighted by atomic mass is 16.3. The van der Waals surface area contributed by atoms with Crippen LogP contribution < -0.4 is 5.32 Å². The normalized spacial score (nSPS) is 10.2. The summed E-state index contributed by atoms with van der Waals surface area (Å²) >= 11 is 0. The molecule has 0 aliphatic heterocycles. The number of furan rings is 1. The first-order chi connectivity index (χ1) is 8.15. The Hall–Kier alpha value is -2.21. The topological polar surface area (TPSA) is 42.2 Å². The van der Waals surface area contributed by atoms with Gasteiger partial charge in [-0.15, -0.1) is 6.42 Å². The average Bonchev–Trinajstić information content (AvgIpc) is 2.66. The fourth-order valence-corrected chi connectivity index (χ4v) is 1.81. The summed E-state index contributed by atoms with van der Waals surface area (Å²) < 4.78 is 5.61. The smallest absolute Gasteiger partial charge is 0.288 e. The Morgan fingerprint density at radius 2 is 2.24 bits per heavy atom. The van der Waals surface area contributed by atoms with Crippen LogP contribution in [0.2, 0.25) is 0 Å². The highest BCUT2D eigenvalue weighted by Gasteiger charge is 2.17. The van der Waals surface area contributed by atoms with Gasteiger partial charge < -0.3 is 9.73 Å². The molecular formula is C14H13NO2. The molecule has 0 saturated heterocycles. The van der Waals surface area contributed by atoms with E-state index in [0.29, 0.717) is 5.76 Å². The molecule has 0 aliphatic carbocycles. The molecule has 2 rings (SSSR count). The highest BCUT2D eigenvalue weighted by Crippen LogP contribution is 2.27. The van der Waals surface area contributed by atoms with Gasteiger partial charge in [0.2, 0.25) is 0 Å². The van der Waals surface area contributed by atoms with E-state index in [9.17, 15) is 4.79 Å². The second-order valence-corrected chi connectivity index (χ2v) is 3.89. The number of aryl methyl sites for hydroxylation is 2. The molecule has 0 radical (unpaired) electrons. The first-order valence-electron chi connectivity index (χ1n) is 5.35. The first kappa shape index (κ1) is 11.3. The number of nitrogens with one attached hydrogen (secondary N) is 1. The van der Waals surface area contributed by atoms with Crippen molar-refractivity contribution in [1.29, 1.82) is 0 Å². The fraction of sp³-hybridized carbons (Fsp3) is 0.214. The number of carbonyl (C=O) groups excluding carboxylic acids is 1. The summed E-state index contributed by atoms with van der Waals surface area (Å²) in [6, 6.07) is 5.84. The number of hydrogen-bond acceptors (Lipinski definition) is 2. The third-order valence-electron chi connectivity index (χ3n) is 2.72. The molecule has 3 heteroatoms. The van der Waals surface area contributed by atoms with Gasteiger partial charge in [-0.2, -0.15) is 0 Å². The number of rotatable bonds is 2. The van der Waals surface area contributed by atoms with E-state index in [1.165, 1.54) is 0 Å². The number of terminal acetylenes is 1. The number of carbonyl (C=O) groups is 1. The molecule has 1 N–H and O–H groups in total. The summed E-state index contributed by atoms with van der Waals surface area (Å²) in [5, 5.41) is 3.57. The van der Waals surface area contributed by atoms with Crippen LogP contribution in [0.25, 0.3) is 11.0 Å². The lowest BCUT2D eigenvalue weighted by molar-refractivity contribution is 0.0932. The lowest BCUT2D eigenvalue weighted by Gasteiger charge is -1.98. The van der Waals surface area contributed by atoms with Crippen molar-refractivity contribution in [2.45, 2.75) is 13.8 Å². The van der Waals surface area contributed by atoms with Crippen molar-refractivity contribution in [3.8, 4) is 12.3 Å². The zero-order chi connectivity index (χ0) is 12.4. The van der Waals surface area contributed by atoms with E-state index in [1.807, 2.05) is 32.0 Å².